The van der Waals surface area contributed by atoms with Gasteiger partial charge in [0.05, 0.1) is 44.7 Å². The second kappa shape index (κ2) is 25.1. The van der Waals surface area contributed by atoms with Crippen LogP contribution in [-0.2, 0) is 49.2 Å². The molecule has 22 nitrogen and oxygen atoms in total. The number of rotatable bonds is 22. The number of anilines is 1. The third-order valence-electron chi connectivity index (χ3n) is 11.0. The number of halogens is 1. The summed E-state index contributed by atoms with van der Waals surface area (Å²) in [6.07, 6.45) is -1.51. The summed E-state index contributed by atoms with van der Waals surface area (Å²) in [7, 11) is -5.51. The van der Waals surface area contributed by atoms with Gasteiger partial charge in [-0.25, -0.2) is 31.1 Å². The first kappa shape index (κ1) is 58.7. The van der Waals surface area contributed by atoms with Crippen LogP contribution in [0, 0.1) is 0 Å². The second-order valence-electron chi connectivity index (χ2n) is 19.2. The number of sulfonamides is 2. The van der Waals surface area contributed by atoms with Gasteiger partial charge in [0.25, 0.3) is 5.91 Å². The van der Waals surface area contributed by atoms with Crippen LogP contribution < -0.4 is 40.6 Å². The summed E-state index contributed by atoms with van der Waals surface area (Å²) in [6, 6.07) is 25.4. The summed E-state index contributed by atoms with van der Waals surface area (Å²) in [5, 5.41) is 21.0. The summed E-state index contributed by atoms with van der Waals surface area (Å²) < 4.78 is 92.4. The van der Waals surface area contributed by atoms with Gasteiger partial charge >= 0.3 is 12.2 Å². The summed E-state index contributed by atoms with van der Waals surface area (Å²) in [5.74, 6) is 0.516. The molecule has 6 aromatic rings. The molecule has 25 heteroatoms. The Morgan fingerprint density at radius 2 is 1.13 bits per heavy atom. The highest BCUT2D eigenvalue weighted by Gasteiger charge is 2.38. The Balaban J connectivity index is 1.59. The number of methoxy groups -OCH3 is 3. The number of carbonyl (C=O) groups excluding carboxylic acids is 3. The summed E-state index contributed by atoms with van der Waals surface area (Å²) in [4.78, 5) is 38.4. The Hall–Kier alpha value is -7.51. The number of benzene rings is 5. The van der Waals surface area contributed by atoms with Crippen LogP contribution in [0.25, 0.3) is 22.5 Å². The lowest BCUT2D eigenvalue weighted by Crippen LogP contribution is -2.38. The van der Waals surface area contributed by atoms with Gasteiger partial charge in [0, 0.05) is 49.9 Å². The molecule has 0 saturated carbocycles. The molecule has 412 valence electrons. The van der Waals surface area contributed by atoms with E-state index in [2.05, 4.69) is 36.1 Å². The lowest BCUT2D eigenvalue weighted by Gasteiger charge is -2.26. The van der Waals surface area contributed by atoms with E-state index in [9.17, 15) is 22.8 Å². The third kappa shape index (κ3) is 16.0. The maximum absolute atomic E-state index is 16.2. The number of nitrogens with one attached hydrogen (secondary N) is 4. The first-order valence-electron chi connectivity index (χ1n) is 24.0. The first-order chi connectivity index (χ1) is 36.3. The average molecular weight is 1120 g/mol. The lowest BCUT2D eigenvalue weighted by atomic mass is 9.95. The molecule has 0 radical (unpaired) electrons. The number of hydrogen-bond acceptors (Lipinski definition) is 16. The molecule has 0 spiro atoms. The topological polar surface area (TPSA) is 287 Å². The van der Waals surface area contributed by atoms with Gasteiger partial charge in [0.15, 0.2) is 0 Å². The van der Waals surface area contributed by atoms with Gasteiger partial charge < -0.3 is 45.4 Å². The largest absolute Gasteiger partial charge is 0.497 e. The number of aromatic nitrogens is 4. The molecule has 6 rings (SSSR count). The van der Waals surface area contributed by atoms with Crippen molar-refractivity contribution in [3.8, 4) is 39.8 Å². The molecule has 6 N–H and O–H groups in total. The van der Waals surface area contributed by atoms with Gasteiger partial charge in [-0.05, 0) is 124 Å². The van der Waals surface area contributed by atoms with Crippen molar-refractivity contribution >= 4 is 55.4 Å². The molecular formula is C52H63ClN10O12S2. The van der Waals surface area contributed by atoms with E-state index in [0.717, 1.165) is 10.4 Å². The third-order valence-corrected chi connectivity index (χ3v) is 14.8. The van der Waals surface area contributed by atoms with Crippen LogP contribution in [0.4, 0.5) is 15.3 Å². The fraction of sp³-hybridized carbons (Fsp3) is 0.346. The summed E-state index contributed by atoms with van der Waals surface area (Å²) in [5.41, 5.74) is 6.17. The molecular weight excluding hydrogens is 1060 g/mol. The molecule has 0 aliphatic heterocycles. The lowest BCUT2D eigenvalue weighted by molar-refractivity contribution is 0.0517. The maximum atomic E-state index is 16.2. The van der Waals surface area contributed by atoms with Gasteiger partial charge in [0.2, 0.25) is 25.9 Å². The van der Waals surface area contributed by atoms with E-state index in [0.29, 0.717) is 33.9 Å². The molecule has 0 atom stereocenters. The van der Waals surface area contributed by atoms with Crippen LogP contribution in [0.5, 0.6) is 17.2 Å². The Labute approximate surface area is 453 Å². The van der Waals surface area contributed by atoms with E-state index in [4.69, 9.17) is 41.0 Å². The molecule has 0 bridgehead atoms. The summed E-state index contributed by atoms with van der Waals surface area (Å²) in [6.45, 7) is 8.75. The molecule has 1 aromatic heterocycles. The van der Waals surface area contributed by atoms with E-state index in [-0.39, 0.29) is 78.1 Å². The highest BCUT2D eigenvalue weighted by molar-refractivity contribution is 7.92. The Kier molecular flexibility index (Phi) is 19.1. The van der Waals surface area contributed by atoms with Crippen LogP contribution in [0.1, 0.15) is 68.6 Å². The molecule has 3 amide bonds. The molecule has 77 heavy (non-hydrogen) atoms. The fourth-order valence-electron chi connectivity index (χ4n) is 7.53. The van der Waals surface area contributed by atoms with E-state index in [1.807, 2.05) is 0 Å². The second-order valence-corrected chi connectivity index (χ2v) is 23.2. The fourth-order valence-corrected chi connectivity index (χ4v) is 11.2. The van der Waals surface area contributed by atoms with Crippen molar-refractivity contribution in [2.75, 3.05) is 53.2 Å². The minimum atomic E-state index is -5.12. The highest BCUT2D eigenvalue weighted by atomic mass is 35.5. The van der Waals surface area contributed by atoms with Crippen LogP contribution in [0.2, 0.25) is 5.02 Å². The zero-order chi connectivity index (χ0) is 56.3. The van der Waals surface area contributed by atoms with Crippen molar-refractivity contribution in [3.63, 3.8) is 0 Å². The van der Waals surface area contributed by atoms with Crippen LogP contribution in [0.3, 0.4) is 0 Å². The zero-order valence-electron chi connectivity index (χ0n) is 44.1. The predicted molar refractivity (Wildman–Crippen MR) is 289 cm³/mol. The molecule has 0 aliphatic carbocycles. The number of ether oxygens (including phenoxy) is 5. The van der Waals surface area contributed by atoms with Gasteiger partial charge in [-0.2, -0.15) is 9.10 Å². The minimum Gasteiger partial charge on any atom is -0.497 e. The number of amides is 3. The first-order valence-corrected chi connectivity index (χ1v) is 27.3. The Bertz CT molecular complexity index is 3230. The van der Waals surface area contributed by atoms with Crippen molar-refractivity contribution in [2.45, 2.75) is 82.2 Å². The van der Waals surface area contributed by atoms with Gasteiger partial charge in [-0.1, -0.05) is 54.1 Å². The SMILES string of the molecule is COc1ccc(CN(Cc2ccc(OC)cc2)S(=O)(=O)c2c(S(=O)(=O)NCCNC(=O)OC(C)(C)C)ccc(-c3cc(Cl)cc(C(=O)NCCNC(=O)OC(C)(C)C)c3N)c2-c2nnn(Cc3ccc(OC)cc3)n2)cc1. The van der Waals surface area contributed by atoms with Crippen molar-refractivity contribution in [1.82, 2.24) is 45.2 Å². The number of nitrogens with zero attached hydrogens (tertiary/aromatic N) is 5. The predicted octanol–water partition coefficient (Wildman–Crippen LogP) is 6.77. The quantitative estimate of drug-likeness (QED) is 0.0346. The van der Waals surface area contributed by atoms with Crippen molar-refractivity contribution in [2.24, 2.45) is 0 Å². The monoisotopic (exact) mass is 1120 g/mol. The molecule has 0 unspecified atom stereocenters. The molecule has 0 fully saturated rings. The number of tetrazole rings is 1. The maximum Gasteiger partial charge on any atom is 0.407 e. The molecule has 5 aromatic carbocycles. The number of hydrogen-bond donors (Lipinski definition) is 5. The van der Waals surface area contributed by atoms with E-state index in [1.54, 1.807) is 114 Å². The van der Waals surface area contributed by atoms with Gasteiger partial charge in [-0.3, -0.25) is 4.79 Å². The smallest absolute Gasteiger partial charge is 0.407 e. The van der Waals surface area contributed by atoms with Crippen LogP contribution in [0.15, 0.2) is 107 Å². The summed E-state index contributed by atoms with van der Waals surface area (Å²) >= 11 is 6.78. The van der Waals surface area contributed by atoms with E-state index >= 15 is 8.42 Å². The normalized spacial score (nSPS) is 11.9. The standard InChI is InChI=1S/C52H63ClN10O12S2/c1-51(2,3)74-49(65)56-25-24-55-48(64)42-29-36(53)28-41(45(42)54)40-22-23-43(76(67,68)58-27-26-57-50(66)75-52(4,5)6)46(44(40)47-59-61-63(60-47)32-35-14-20-39(73-9)21-15-35)77(69,70)62(30-33-10-16-37(71-7)17-11-33)31-34-12-18-38(72-8)19-13-34/h10-23,28-29,58H,24-27,30-32,54H2,1-9H3,(H,55,64)(H,56,65)(H,57,66). The number of carbonyl (C=O) groups is 3. The van der Waals surface area contributed by atoms with Crippen molar-refractivity contribution in [3.05, 3.63) is 124 Å². The van der Waals surface area contributed by atoms with Crippen LogP contribution in [-0.4, -0.2) is 118 Å². The minimum absolute atomic E-state index is 0.0113. The van der Waals surface area contributed by atoms with E-state index in [1.165, 1.54) is 44.3 Å². The number of nitrogen functional groups attached to an aromatic ring is 1. The molecule has 0 aliphatic rings. The number of nitrogens with two attached hydrogens (primary N) is 1. The Morgan fingerprint density at radius 1 is 0.649 bits per heavy atom. The molecule has 0 saturated heterocycles. The van der Waals surface area contributed by atoms with Crippen LogP contribution >= 0.6 is 11.6 Å². The van der Waals surface area contributed by atoms with Gasteiger partial charge in [0.1, 0.15) is 38.2 Å². The Morgan fingerprint density at radius 3 is 1.62 bits per heavy atom. The van der Waals surface area contributed by atoms with Crippen molar-refractivity contribution < 1.29 is 54.9 Å². The van der Waals surface area contributed by atoms with E-state index < -0.39 is 65.7 Å². The highest BCUT2D eigenvalue weighted by Crippen LogP contribution is 2.44. The zero-order valence-corrected chi connectivity index (χ0v) is 46.5. The average Bonchev–Trinajstić information content (AvgIpc) is 3.90. The van der Waals surface area contributed by atoms with Crippen molar-refractivity contribution in [1.29, 1.82) is 0 Å². The van der Waals surface area contributed by atoms with Gasteiger partial charge in [-0.15, -0.1) is 10.2 Å². The molecule has 1 heterocycles. The number of alkyl carbamates (subject to hydrolysis) is 2.